The minimum atomic E-state index is -2.96. The first-order chi connectivity index (χ1) is 25.4. The molecule has 0 radical (unpaired) electrons. The van der Waals surface area contributed by atoms with Crippen LogP contribution in [0.1, 0.15) is 73.2 Å². The molecule has 1 aliphatic heterocycles. The van der Waals surface area contributed by atoms with Gasteiger partial charge < -0.3 is 19.2 Å². The Morgan fingerprint density at radius 1 is 0.906 bits per heavy atom. The Kier molecular flexibility index (Phi) is 10.7. The van der Waals surface area contributed by atoms with E-state index in [1.165, 1.54) is 0 Å². The number of carbonyl (C=O) groups is 2. The van der Waals surface area contributed by atoms with Crippen LogP contribution < -0.4 is 10.4 Å². The molecule has 0 aromatic heterocycles. The molecule has 0 amide bonds. The molecule has 272 valence electrons. The van der Waals surface area contributed by atoms with E-state index in [0.29, 0.717) is 36.0 Å². The quantitative estimate of drug-likeness (QED) is 0.131. The molecule has 2 N–H and O–H groups in total. The van der Waals surface area contributed by atoms with Gasteiger partial charge in [-0.05, 0) is 83.2 Å². The molecule has 1 heterocycles. The zero-order chi connectivity index (χ0) is 37.5. The second-order valence-corrected chi connectivity index (χ2v) is 21.0. The Bertz CT molecular complexity index is 2030. The number of carbonyl (C=O) groups excluding carboxylic acids is 2. The zero-order valence-electron chi connectivity index (χ0n) is 30.7. The molecule has 1 saturated heterocycles. The van der Waals surface area contributed by atoms with Gasteiger partial charge in [-0.25, -0.2) is 0 Å². The first-order valence-electron chi connectivity index (χ1n) is 18.5. The van der Waals surface area contributed by atoms with E-state index < -0.39 is 33.4 Å². The van der Waals surface area contributed by atoms with Gasteiger partial charge in [-0.2, -0.15) is 0 Å². The number of hydrogen-bond donors (Lipinski definition) is 2. The van der Waals surface area contributed by atoms with Crippen molar-refractivity contribution in [3.63, 3.8) is 0 Å². The summed E-state index contributed by atoms with van der Waals surface area (Å²) in [5.74, 6) is -1.35. The van der Waals surface area contributed by atoms with Gasteiger partial charge in [0.05, 0.1) is 12.7 Å². The third kappa shape index (κ3) is 7.10. The molecule has 3 aliphatic rings. The maximum absolute atomic E-state index is 14.4. The number of ketones is 2. The summed E-state index contributed by atoms with van der Waals surface area (Å²) in [5, 5.41) is 23.8. The Morgan fingerprint density at radius 2 is 1.51 bits per heavy atom. The Morgan fingerprint density at radius 3 is 2.13 bits per heavy atom. The summed E-state index contributed by atoms with van der Waals surface area (Å²) in [5.41, 5.74) is 4.69. The fourth-order valence-electron chi connectivity index (χ4n) is 9.10. The monoisotopic (exact) mass is 788 g/mol. The Hall–Kier alpha value is -3.86. The Labute approximate surface area is 322 Å². The van der Waals surface area contributed by atoms with Crippen molar-refractivity contribution < 1.29 is 28.8 Å². The van der Waals surface area contributed by atoms with Crippen molar-refractivity contribution in [2.45, 2.75) is 64.4 Å². The predicted molar refractivity (Wildman–Crippen MR) is 217 cm³/mol. The molecule has 0 saturated carbocycles. The highest BCUT2D eigenvalue weighted by Gasteiger charge is 2.55. The highest BCUT2D eigenvalue weighted by atomic mass is 79.9. The van der Waals surface area contributed by atoms with Crippen LogP contribution in [-0.4, -0.2) is 49.8 Å². The first kappa shape index (κ1) is 37.5. The number of phenols is 1. The van der Waals surface area contributed by atoms with E-state index in [0.717, 1.165) is 31.6 Å². The van der Waals surface area contributed by atoms with Gasteiger partial charge >= 0.3 is 7.12 Å². The number of phenolic OH excluding ortho intramolecular Hbond substituents is 1. The second kappa shape index (κ2) is 15.1. The van der Waals surface area contributed by atoms with Gasteiger partial charge in [0.1, 0.15) is 5.75 Å². The first-order valence-corrected chi connectivity index (χ1v) is 21.2. The van der Waals surface area contributed by atoms with Crippen LogP contribution in [-0.2, 0) is 9.08 Å². The highest BCUT2D eigenvalue weighted by Crippen LogP contribution is 2.51. The fourth-order valence-corrected chi connectivity index (χ4v) is 14.0. The number of benzene rings is 4. The van der Waals surface area contributed by atoms with Crippen LogP contribution >= 0.6 is 15.9 Å². The fraction of sp³-hybridized carbons (Fsp3) is 0.318. The third-order valence-electron chi connectivity index (χ3n) is 11.4. The van der Waals surface area contributed by atoms with Crippen molar-refractivity contribution in [1.29, 1.82) is 0 Å². The molecule has 6 nitrogen and oxygen atoms in total. The number of aromatic hydroxyl groups is 1. The summed E-state index contributed by atoms with van der Waals surface area (Å²) in [6, 6.07) is 33.5. The minimum Gasteiger partial charge on any atom is -0.507 e. The van der Waals surface area contributed by atoms with Crippen molar-refractivity contribution >= 4 is 59.4 Å². The lowest BCUT2D eigenvalue weighted by Crippen LogP contribution is -2.66. The molecule has 4 aromatic carbocycles. The third-order valence-corrected chi connectivity index (χ3v) is 16.9. The standard InChI is InChI=1S/C44H46BBrO6Si/c1-28(23-29-24-31(46)20-21-38(29)47)19-22-39-40-30(27-51-53(44(2,3)4,32-13-7-5-8-14-32)33-15-9-6-10-16-33)25-36-41(37(40)26-45(50)52-39)43(49)35-18-12-11-17-34(35)42(36)48/h5-18,20-21,23-24,36-37,39,41,47,50H,19,22,25-27H2,1-4H3/b28-23+/t36-,37+,39-,41-/m1/s1. The van der Waals surface area contributed by atoms with Gasteiger partial charge in [-0.3, -0.25) is 9.59 Å². The number of rotatable bonds is 9. The molecule has 7 rings (SSSR count). The average molecular weight is 790 g/mol. The molecule has 1 fully saturated rings. The van der Waals surface area contributed by atoms with E-state index in [1.807, 2.05) is 43.3 Å². The van der Waals surface area contributed by atoms with Crippen LogP contribution in [0.4, 0.5) is 0 Å². The summed E-state index contributed by atoms with van der Waals surface area (Å²) in [6.45, 7) is 9.05. The summed E-state index contributed by atoms with van der Waals surface area (Å²) >= 11 is 3.50. The molecule has 0 bridgehead atoms. The van der Waals surface area contributed by atoms with Crippen LogP contribution in [0.3, 0.4) is 0 Å². The maximum atomic E-state index is 14.4. The van der Waals surface area contributed by atoms with Crippen molar-refractivity contribution in [3.05, 3.63) is 141 Å². The summed E-state index contributed by atoms with van der Waals surface area (Å²) in [6.07, 6.45) is 3.30. The molecular formula is C44H46BBrO6Si. The molecular weight excluding hydrogens is 743 g/mol. The van der Waals surface area contributed by atoms with Gasteiger partial charge in [0, 0.05) is 33.0 Å². The predicted octanol–water partition coefficient (Wildman–Crippen LogP) is 8.42. The van der Waals surface area contributed by atoms with Crippen LogP contribution in [0.5, 0.6) is 5.75 Å². The van der Waals surface area contributed by atoms with Crippen molar-refractivity contribution in [3.8, 4) is 5.75 Å². The molecule has 53 heavy (non-hydrogen) atoms. The van der Waals surface area contributed by atoms with Crippen LogP contribution in [0, 0.1) is 17.8 Å². The van der Waals surface area contributed by atoms with Crippen molar-refractivity contribution in [1.82, 2.24) is 0 Å². The van der Waals surface area contributed by atoms with Crippen LogP contribution in [0.25, 0.3) is 6.08 Å². The van der Waals surface area contributed by atoms with Gasteiger partial charge in [-0.15, -0.1) is 0 Å². The topological polar surface area (TPSA) is 93.1 Å². The molecule has 0 unspecified atom stereocenters. The van der Waals surface area contributed by atoms with Crippen LogP contribution in [0.15, 0.2) is 124 Å². The molecule has 0 spiro atoms. The summed E-state index contributed by atoms with van der Waals surface area (Å²) < 4.78 is 14.7. The molecule has 9 heteroatoms. The zero-order valence-corrected chi connectivity index (χ0v) is 33.3. The van der Waals surface area contributed by atoms with Crippen molar-refractivity contribution in [2.75, 3.05) is 6.61 Å². The maximum Gasteiger partial charge on any atom is 0.455 e. The van der Waals surface area contributed by atoms with Gasteiger partial charge in [0.25, 0.3) is 8.32 Å². The number of halogens is 1. The summed E-state index contributed by atoms with van der Waals surface area (Å²) in [4.78, 5) is 28.7. The lowest BCUT2D eigenvalue weighted by atomic mass is 9.54. The lowest BCUT2D eigenvalue weighted by molar-refractivity contribution is 0.0591. The Balaban J connectivity index is 1.32. The van der Waals surface area contributed by atoms with Gasteiger partial charge in [0.2, 0.25) is 0 Å². The smallest absolute Gasteiger partial charge is 0.455 e. The van der Waals surface area contributed by atoms with E-state index in [4.69, 9.17) is 9.08 Å². The average Bonchev–Trinajstić information content (AvgIpc) is 3.14. The van der Waals surface area contributed by atoms with Gasteiger partial charge in [-0.1, -0.05) is 133 Å². The van der Waals surface area contributed by atoms with E-state index in [9.17, 15) is 19.7 Å². The number of allylic oxidation sites excluding steroid dienone is 1. The normalized spacial score (nSPS) is 22.0. The second-order valence-electron chi connectivity index (χ2n) is 15.8. The number of fused-ring (bicyclic) bond motifs is 4. The molecule has 4 atom stereocenters. The van der Waals surface area contributed by atoms with Crippen LogP contribution in [0.2, 0.25) is 11.4 Å². The van der Waals surface area contributed by atoms with E-state index in [2.05, 4.69) is 85.2 Å². The SMILES string of the molecule is C/C(=C\c1cc(Br)ccc1O)CC[C@H]1OB(O)C[C@H]2C1=C(CO[Si](c1ccccc1)(c1ccccc1)C(C)(C)C)C[C@H]1C(=O)c3ccccc3C(=O)[C@H]12. The lowest BCUT2D eigenvalue weighted by Gasteiger charge is -2.48. The number of hydrogen-bond acceptors (Lipinski definition) is 6. The number of Topliss-reactive ketones (excluding diaryl/α,β-unsaturated/α-hetero) is 2. The molecule has 4 aromatic rings. The van der Waals surface area contributed by atoms with Gasteiger partial charge in [0.15, 0.2) is 11.6 Å². The van der Waals surface area contributed by atoms with E-state index in [1.54, 1.807) is 24.3 Å². The van der Waals surface area contributed by atoms with Crippen molar-refractivity contribution in [2.24, 2.45) is 17.8 Å². The minimum absolute atomic E-state index is 0.0164. The largest absolute Gasteiger partial charge is 0.507 e. The summed E-state index contributed by atoms with van der Waals surface area (Å²) in [7, 11) is -4.04. The highest BCUT2D eigenvalue weighted by molar-refractivity contribution is 9.10. The molecule has 2 aliphatic carbocycles. The van der Waals surface area contributed by atoms with E-state index >= 15 is 0 Å². The van der Waals surface area contributed by atoms with E-state index in [-0.39, 0.29) is 41.2 Å².